The number of nitrogens with one attached hydrogen (secondary N) is 1. The molecule has 1 aromatic heterocycles. The first kappa shape index (κ1) is 21.3. The van der Waals surface area contributed by atoms with E-state index in [1.54, 1.807) is 13.0 Å². The Morgan fingerprint density at radius 2 is 2.00 bits per heavy atom. The molecule has 0 aliphatic rings. The molecule has 156 valence electrons. The highest BCUT2D eigenvalue weighted by Gasteiger charge is 2.14. The maximum atomic E-state index is 12.2. The molecule has 1 heterocycles. The predicted octanol–water partition coefficient (Wildman–Crippen LogP) is 4.21. The summed E-state index contributed by atoms with van der Waals surface area (Å²) in [5.74, 6) is 0.721. The van der Waals surface area contributed by atoms with Crippen molar-refractivity contribution in [3.8, 4) is 5.75 Å². The summed E-state index contributed by atoms with van der Waals surface area (Å²) in [6.07, 6.45) is 0. The number of rotatable bonds is 8. The number of aromatic nitrogens is 2. The third kappa shape index (κ3) is 5.35. The lowest BCUT2D eigenvalue weighted by Gasteiger charge is -2.08. The SMILES string of the molecule is Cc1ccc([N+](=O)[O-])cc1NC(=O)CSc1nnc(COc2cccc(C)c2C)o1. The van der Waals surface area contributed by atoms with Gasteiger partial charge in [-0.1, -0.05) is 30.0 Å². The van der Waals surface area contributed by atoms with Crippen molar-refractivity contribution in [2.45, 2.75) is 32.6 Å². The van der Waals surface area contributed by atoms with Gasteiger partial charge in [-0.2, -0.15) is 0 Å². The molecular weight excluding hydrogens is 408 g/mol. The van der Waals surface area contributed by atoms with Crippen LogP contribution in [0.1, 0.15) is 22.6 Å². The minimum Gasteiger partial charge on any atom is -0.484 e. The van der Waals surface area contributed by atoms with E-state index in [1.165, 1.54) is 12.1 Å². The Kier molecular flexibility index (Phi) is 6.68. The highest BCUT2D eigenvalue weighted by molar-refractivity contribution is 7.99. The normalized spacial score (nSPS) is 10.6. The third-order valence-corrected chi connectivity index (χ3v) is 5.21. The number of non-ortho nitro benzene ring substituents is 1. The van der Waals surface area contributed by atoms with Gasteiger partial charge in [0, 0.05) is 12.1 Å². The summed E-state index contributed by atoms with van der Waals surface area (Å²) < 4.78 is 11.2. The van der Waals surface area contributed by atoms with Crippen molar-refractivity contribution in [1.82, 2.24) is 10.2 Å². The molecule has 0 aliphatic carbocycles. The van der Waals surface area contributed by atoms with E-state index >= 15 is 0 Å². The second-order valence-corrected chi connectivity index (χ2v) is 7.47. The number of carbonyl (C=O) groups is 1. The van der Waals surface area contributed by atoms with Gasteiger partial charge in [0.1, 0.15) is 5.75 Å². The molecule has 3 aromatic rings. The minimum absolute atomic E-state index is 0.0155. The summed E-state index contributed by atoms with van der Waals surface area (Å²) in [5.41, 5.74) is 3.19. The van der Waals surface area contributed by atoms with Crippen LogP contribution in [0.3, 0.4) is 0 Å². The molecule has 0 spiro atoms. The fourth-order valence-electron chi connectivity index (χ4n) is 2.55. The molecule has 0 fully saturated rings. The molecule has 30 heavy (non-hydrogen) atoms. The molecule has 2 aromatic carbocycles. The minimum atomic E-state index is -0.510. The van der Waals surface area contributed by atoms with Crippen molar-refractivity contribution >= 4 is 29.0 Å². The molecule has 9 nitrogen and oxygen atoms in total. The Morgan fingerprint density at radius 3 is 2.77 bits per heavy atom. The van der Waals surface area contributed by atoms with E-state index < -0.39 is 4.92 Å². The standard InChI is InChI=1S/C20H20N4O5S/c1-12-5-4-6-17(14(12)3)28-10-19-22-23-20(29-19)30-11-18(25)21-16-9-15(24(26)27)8-7-13(16)2/h4-9H,10-11H2,1-3H3,(H,21,25). The average Bonchev–Trinajstić information content (AvgIpc) is 3.17. The van der Waals surface area contributed by atoms with Crippen LogP contribution in [-0.2, 0) is 11.4 Å². The Labute approximate surface area is 177 Å². The van der Waals surface area contributed by atoms with Crippen LogP contribution < -0.4 is 10.1 Å². The first-order valence-electron chi connectivity index (χ1n) is 9.02. The van der Waals surface area contributed by atoms with Gasteiger partial charge in [-0.25, -0.2) is 0 Å². The van der Waals surface area contributed by atoms with Gasteiger partial charge in [0.05, 0.1) is 16.4 Å². The second kappa shape index (κ2) is 9.40. The molecular formula is C20H20N4O5S. The Morgan fingerprint density at radius 1 is 1.20 bits per heavy atom. The average molecular weight is 428 g/mol. The number of anilines is 1. The van der Waals surface area contributed by atoms with Crippen LogP contribution in [0.25, 0.3) is 0 Å². The maximum absolute atomic E-state index is 12.2. The van der Waals surface area contributed by atoms with E-state index in [1.807, 2.05) is 32.0 Å². The van der Waals surface area contributed by atoms with Crippen LogP contribution in [0.5, 0.6) is 5.75 Å². The first-order valence-corrected chi connectivity index (χ1v) is 10.0. The van der Waals surface area contributed by atoms with Gasteiger partial charge in [0.25, 0.3) is 16.8 Å². The zero-order chi connectivity index (χ0) is 21.7. The van der Waals surface area contributed by atoms with E-state index in [-0.39, 0.29) is 29.2 Å². The van der Waals surface area contributed by atoms with Crippen LogP contribution in [0.15, 0.2) is 46.0 Å². The van der Waals surface area contributed by atoms with Gasteiger partial charge in [0.15, 0.2) is 6.61 Å². The summed E-state index contributed by atoms with van der Waals surface area (Å²) in [4.78, 5) is 22.6. The molecule has 3 rings (SSSR count). The van der Waals surface area contributed by atoms with E-state index in [2.05, 4.69) is 15.5 Å². The van der Waals surface area contributed by atoms with Crippen LogP contribution in [0.4, 0.5) is 11.4 Å². The van der Waals surface area contributed by atoms with Gasteiger partial charge in [0.2, 0.25) is 5.91 Å². The number of benzene rings is 2. The highest BCUT2D eigenvalue weighted by atomic mass is 32.2. The third-order valence-electron chi connectivity index (χ3n) is 4.39. The van der Waals surface area contributed by atoms with Crippen molar-refractivity contribution < 1.29 is 18.9 Å². The molecule has 1 amide bonds. The van der Waals surface area contributed by atoms with Gasteiger partial charge in [-0.3, -0.25) is 14.9 Å². The number of hydrogen-bond donors (Lipinski definition) is 1. The smallest absolute Gasteiger partial charge is 0.277 e. The van der Waals surface area contributed by atoms with Crippen LogP contribution in [-0.4, -0.2) is 26.8 Å². The number of carbonyl (C=O) groups excluding carboxylic acids is 1. The summed E-state index contributed by atoms with van der Waals surface area (Å²) in [6.45, 7) is 5.86. The summed E-state index contributed by atoms with van der Waals surface area (Å²) in [7, 11) is 0. The Balaban J connectivity index is 1.53. The van der Waals surface area contributed by atoms with E-state index in [0.717, 1.165) is 34.2 Å². The molecule has 10 heteroatoms. The number of nitro groups is 1. The number of nitrogens with zero attached hydrogens (tertiary/aromatic N) is 3. The molecule has 0 radical (unpaired) electrons. The number of nitro benzene ring substituents is 1. The van der Waals surface area contributed by atoms with Gasteiger partial charge >= 0.3 is 0 Å². The zero-order valence-electron chi connectivity index (χ0n) is 16.7. The van der Waals surface area contributed by atoms with Crippen molar-refractivity contribution in [3.05, 3.63) is 69.1 Å². The predicted molar refractivity (Wildman–Crippen MR) is 112 cm³/mol. The van der Waals surface area contributed by atoms with Crippen molar-refractivity contribution in [2.24, 2.45) is 0 Å². The number of hydrogen-bond acceptors (Lipinski definition) is 8. The summed E-state index contributed by atoms with van der Waals surface area (Å²) >= 11 is 1.07. The highest BCUT2D eigenvalue weighted by Crippen LogP contribution is 2.24. The number of amides is 1. The topological polar surface area (TPSA) is 120 Å². The van der Waals surface area contributed by atoms with Crippen molar-refractivity contribution in [1.29, 1.82) is 0 Å². The molecule has 0 aliphatic heterocycles. The fourth-order valence-corrected chi connectivity index (χ4v) is 3.13. The van der Waals surface area contributed by atoms with Gasteiger partial charge in [-0.05, 0) is 43.5 Å². The molecule has 1 N–H and O–H groups in total. The van der Waals surface area contributed by atoms with Gasteiger partial charge in [-0.15, -0.1) is 10.2 Å². The lowest BCUT2D eigenvalue weighted by atomic mass is 10.1. The zero-order valence-corrected chi connectivity index (χ0v) is 17.5. The van der Waals surface area contributed by atoms with E-state index in [9.17, 15) is 14.9 Å². The van der Waals surface area contributed by atoms with E-state index in [0.29, 0.717) is 11.6 Å². The van der Waals surface area contributed by atoms with Gasteiger partial charge < -0.3 is 14.5 Å². The van der Waals surface area contributed by atoms with Crippen molar-refractivity contribution in [2.75, 3.05) is 11.1 Å². The van der Waals surface area contributed by atoms with Crippen LogP contribution in [0, 0.1) is 30.9 Å². The summed E-state index contributed by atoms with van der Waals surface area (Å²) in [5, 5.41) is 21.6. The Bertz CT molecular complexity index is 1080. The van der Waals surface area contributed by atoms with Crippen molar-refractivity contribution in [3.63, 3.8) is 0 Å². The number of ether oxygens (including phenoxy) is 1. The molecule has 0 saturated heterocycles. The lowest BCUT2D eigenvalue weighted by Crippen LogP contribution is -2.15. The lowest BCUT2D eigenvalue weighted by molar-refractivity contribution is -0.384. The summed E-state index contributed by atoms with van der Waals surface area (Å²) in [6, 6.07) is 10.1. The quantitative estimate of drug-likeness (QED) is 0.322. The molecule has 0 saturated carbocycles. The molecule has 0 bridgehead atoms. The fraction of sp³-hybridized carbons (Fsp3) is 0.250. The van der Waals surface area contributed by atoms with Crippen LogP contribution >= 0.6 is 11.8 Å². The first-order chi connectivity index (χ1) is 14.3. The molecule has 0 unspecified atom stereocenters. The van der Waals surface area contributed by atoms with Crippen LogP contribution in [0.2, 0.25) is 0 Å². The number of aryl methyl sites for hydroxylation is 2. The monoisotopic (exact) mass is 428 g/mol. The van der Waals surface area contributed by atoms with E-state index in [4.69, 9.17) is 9.15 Å². The number of thioether (sulfide) groups is 1. The Hall–Kier alpha value is -3.40. The molecule has 0 atom stereocenters. The largest absolute Gasteiger partial charge is 0.484 e. The second-order valence-electron chi connectivity index (χ2n) is 6.54. The maximum Gasteiger partial charge on any atom is 0.277 e.